The maximum absolute atomic E-state index is 10.2. The van der Waals surface area contributed by atoms with E-state index in [-0.39, 0.29) is 0 Å². The van der Waals surface area contributed by atoms with Crippen LogP contribution in [0.25, 0.3) is 0 Å². The largest absolute Gasteiger partial charge is 0.386 e. The molecule has 1 aliphatic heterocycles. The zero-order chi connectivity index (χ0) is 17.6. The highest BCUT2D eigenvalue weighted by Gasteiger charge is 2.28. The van der Waals surface area contributed by atoms with Gasteiger partial charge in [-0.1, -0.05) is 18.2 Å². The zero-order valence-electron chi connectivity index (χ0n) is 15.2. The van der Waals surface area contributed by atoms with Crippen LogP contribution in [0.4, 0.5) is 11.6 Å². The minimum absolute atomic E-state index is 0.540. The van der Waals surface area contributed by atoms with Crippen LogP contribution >= 0.6 is 0 Å². The van der Waals surface area contributed by atoms with Gasteiger partial charge in [0.2, 0.25) is 0 Å². The topological polar surface area (TPSA) is 61.3 Å². The van der Waals surface area contributed by atoms with Crippen LogP contribution in [0.15, 0.2) is 24.3 Å². The minimum Gasteiger partial charge on any atom is -0.386 e. The van der Waals surface area contributed by atoms with Crippen molar-refractivity contribution >= 4 is 11.6 Å². The molecule has 0 saturated heterocycles. The van der Waals surface area contributed by atoms with Gasteiger partial charge in [0.15, 0.2) is 0 Å². The van der Waals surface area contributed by atoms with Crippen molar-refractivity contribution in [3.63, 3.8) is 0 Å². The van der Waals surface area contributed by atoms with Gasteiger partial charge in [-0.3, -0.25) is 0 Å². The maximum atomic E-state index is 10.2. The van der Waals surface area contributed by atoms with E-state index < -0.39 is 5.60 Å². The third-order valence-corrected chi connectivity index (χ3v) is 5.18. The average Bonchev–Trinajstić information content (AvgIpc) is 3.44. The highest BCUT2D eigenvalue weighted by Crippen LogP contribution is 2.39. The third-order valence-electron chi connectivity index (χ3n) is 5.18. The lowest BCUT2D eigenvalue weighted by Crippen LogP contribution is -2.32. The molecule has 1 aromatic heterocycles. The molecule has 1 fully saturated rings. The number of hydrogen-bond acceptors (Lipinski definition) is 5. The number of benzene rings is 1. The summed E-state index contributed by atoms with van der Waals surface area (Å²) < 4.78 is 0. The summed E-state index contributed by atoms with van der Waals surface area (Å²) in [6.45, 7) is 5.46. The SMILES string of the molecule is CNc1cc(N2CCc3cc(C(C)(C)O)ccc3C2)nc(C2CC2)n1. The Balaban J connectivity index is 1.61. The summed E-state index contributed by atoms with van der Waals surface area (Å²) >= 11 is 0. The molecule has 0 spiro atoms. The molecule has 0 unspecified atom stereocenters. The Morgan fingerprint density at radius 1 is 1.16 bits per heavy atom. The first-order chi connectivity index (χ1) is 11.9. The van der Waals surface area contributed by atoms with Gasteiger partial charge in [-0.15, -0.1) is 0 Å². The Hall–Kier alpha value is -2.14. The fourth-order valence-corrected chi connectivity index (χ4v) is 3.40. The van der Waals surface area contributed by atoms with Gasteiger partial charge in [-0.2, -0.15) is 0 Å². The summed E-state index contributed by atoms with van der Waals surface area (Å²) in [6, 6.07) is 8.39. The van der Waals surface area contributed by atoms with E-state index in [9.17, 15) is 5.11 Å². The molecule has 2 aliphatic rings. The smallest absolute Gasteiger partial charge is 0.136 e. The minimum atomic E-state index is -0.792. The van der Waals surface area contributed by atoms with Crippen LogP contribution in [-0.2, 0) is 18.6 Å². The molecule has 1 aliphatic carbocycles. The van der Waals surface area contributed by atoms with Crippen molar-refractivity contribution in [2.75, 3.05) is 23.8 Å². The van der Waals surface area contributed by atoms with E-state index in [0.29, 0.717) is 5.92 Å². The Morgan fingerprint density at radius 2 is 1.96 bits per heavy atom. The Labute approximate surface area is 149 Å². The molecule has 4 rings (SSSR count). The first kappa shape index (κ1) is 16.3. The molecule has 0 bridgehead atoms. The number of nitrogens with zero attached hydrogens (tertiary/aromatic N) is 3. The normalized spacial score (nSPS) is 17.4. The van der Waals surface area contributed by atoms with Crippen molar-refractivity contribution in [2.24, 2.45) is 0 Å². The molecule has 2 aromatic rings. The van der Waals surface area contributed by atoms with E-state index in [1.807, 2.05) is 33.0 Å². The van der Waals surface area contributed by atoms with Gasteiger partial charge in [0.05, 0.1) is 5.60 Å². The van der Waals surface area contributed by atoms with Gasteiger partial charge in [-0.25, -0.2) is 9.97 Å². The van der Waals surface area contributed by atoms with Gasteiger partial charge >= 0.3 is 0 Å². The van der Waals surface area contributed by atoms with E-state index in [0.717, 1.165) is 42.5 Å². The van der Waals surface area contributed by atoms with Crippen LogP contribution in [-0.4, -0.2) is 28.7 Å². The Bertz CT molecular complexity index is 793. The predicted octanol–water partition coefficient (Wildman–Crippen LogP) is 3.19. The second kappa shape index (κ2) is 5.99. The zero-order valence-corrected chi connectivity index (χ0v) is 15.2. The number of aromatic nitrogens is 2. The van der Waals surface area contributed by atoms with Gasteiger partial charge in [-0.05, 0) is 49.8 Å². The van der Waals surface area contributed by atoms with Gasteiger partial charge < -0.3 is 15.3 Å². The van der Waals surface area contributed by atoms with Gasteiger partial charge in [0.25, 0.3) is 0 Å². The van der Waals surface area contributed by atoms with Crippen molar-refractivity contribution in [3.05, 3.63) is 46.8 Å². The number of rotatable bonds is 4. The quantitative estimate of drug-likeness (QED) is 0.896. The van der Waals surface area contributed by atoms with Crippen LogP contribution in [0.3, 0.4) is 0 Å². The standard InChI is InChI=1S/C20H26N4O/c1-20(2,25)16-7-6-15-12-24(9-8-14(15)10-16)18-11-17(21-3)22-19(23-18)13-4-5-13/h6-7,10-11,13,25H,4-5,8-9,12H2,1-3H3,(H,21,22,23). The number of aliphatic hydroxyl groups is 1. The van der Waals surface area contributed by atoms with Crippen LogP contribution < -0.4 is 10.2 Å². The number of fused-ring (bicyclic) bond motifs is 1. The number of anilines is 2. The molecule has 0 radical (unpaired) electrons. The second-order valence-electron chi connectivity index (χ2n) is 7.71. The number of hydrogen-bond donors (Lipinski definition) is 2. The highest BCUT2D eigenvalue weighted by atomic mass is 16.3. The molecule has 0 amide bonds. The molecule has 2 N–H and O–H groups in total. The Kier molecular flexibility index (Phi) is 3.91. The molecular formula is C20H26N4O. The van der Waals surface area contributed by atoms with Crippen LogP contribution in [0.1, 0.15) is 55.1 Å². The van der Waals surface area contributed by atoms with E-state index in [4.69, 9.17) is 4.98 Å². The first-order valence-corrected chi connectivity index (χ1v) is 9.10. The first-order valence-electron chi connectivity index (χ1n) is 9.10. The van der Waals surface area contributed by atoms with Crippen molar-refractivity contribution in [2.45, 2.75) is 51.2 Å². The lowest BCUT2D eigenvalue weighted by atomic mass is 9.91. The van der Waals surface area contributed by atoms with Gasteiger partial charge in [0, 0.05) is 32.1 Å². The van der Waals surface area contributed by atoms with Crippen molar-refractivity contribution in [1.29, 1.82) is 0 Å². The summed E-state index contributed by atoms with van der Waals surface area (Å²) in [5, 5.41) is 13.4. The molecule has 1 aromatic carbocycles. The fourth-order valence-electron chi connectivity index (χ4n) is 3.40. The highest BCUT2D eigenvalue weighted by molar-refractivity contribution is 5.52. The van der Waals surface area contributed by atoms with Crippen LogP contribution in [0, 0.1) is 0 Å². The fraction of sp³-hybridized carbons (Fsp3) is 0.500. The maximum Gasteiger partial charge on any atom is 0.136 e. The lowest BCUT2D eigenvalue weighted by molar-refractivity contribution is 0.0785. The van der Waals surface area contributed by atoms with E-state index in [1.165, 1.54) is 24.0 Å². The van der Waals surface area contributed by atoms with E-state index >= 15 is 0 Å². The van der Waals surface area contributed by atoms with Crippen molar-refractivity contribution in [3.8, 4) is 0 Å². The molecule has 5 nitrogen and oxygen atoms in total. The summed E-state index contributed by atoms with van der Waals surface area (Å²) in [5.74, 6) is 3.43. The lowest BCUT2D eigenvalue weighted by Gasteiger charge is -2.31. The summed E-state index contributed by atoms with van der Waals surface area (Å²) in [7, 11) is 1.91. The van der Waals surface area contributed by atoms with E-state index in [2.05, 4.69) is 27.3 Å². The molecule has 1 saturated carbocycles. The molecule has 0 atom stereocenters. The number of nitrogens with one attached hydrogen (secondary N) is 1. The van der Waals surface area contributed by atoms with E-state index in [1.54, 1.807) is 0 Å². The Morgan fingerprint density at radius 3 is 2.64 bits per heavy atom. The van der Waals surface area contributed by atoms with Crippen LogP contribution in [0.5, 0.6) is 0 Å². The summed E-state index contributed by atoms with van der Waals surface area (Å²) in [6.07, 6.45) is 3.38. The predicted molar refractivity (Wildman–Crippen MR) is 100.0 cm³/mol. The summed E-state index contributed by atoms with van der Waals surface area (Å²) in [5.41, 5.74) is 2.84. The average molecular weight is 338 g/mol. The monoisotopic (exact) mass is 338 g/mol. The third kappa shape index (κ3) is 3.33. The van der Waals surface area contributed by atoms with Crippen molar-refractivity contribution in [1.82, 2.24) is 9.97 Å². The molecule has 25 heavy (non-hydrogen) atoms. The molecule has 2 heterocycles. The summed E-state index contributed by atoms with van der Waals surface area (Å²) in [4.78, 5) is 11.8. The molecular weight excluding hydrogens is 312 g/mol. The second-order valence-corrected chi connectivity index (χ2v) is 7.71. The van der Waals surface area contributed by atoms with Gasteiger partial charge in [0.1, 0.15) is 17.5 Å². The van der Waals surface area contributed by atoms with Crippen LogP contribution in [0.2, 0.25) is 0 Å². The molecule has 132 valence electrons. The molecule has 5 heteroatoms. The van der Waals surface area contributed by atoms with Crippen molar-refractivity contribution < 1.29 is 5.11 Å².